The van der Waals surface area contributed by atoms with Crippen molar-refractivity contribution in [3.63, 3.8) is 0 Å². The van der Waals surface area contributed by atoms with Gasteiger partial charge in [0.25, 0.3) is 0 Å². The molecule has 4 heteroatoms. The van der Waals surface area contributed by atoms with E-state index in [9.17, 15) is 4.79 Å². The van der Waals surface area contributed by atoms with Crippen LogP contribution in [0.2, 0.25) is 0 Å². The van der Waals surface area contributed by atoms with Crippen LogP contribution in [0.25, 0.3) is 0 Å². The van der Waals surface area contributed by atoms with E-state index in [2.05, 4.69) is 19.2 Å². The van der Waals surface area contributed by atoms with Gasteiger partial charge in [0.15, 0.2) is 0 Å². The van der Waals surface area contributed by atoms with E-state index < -0.39 is 5.60 Å². The van der Waals surface area contributed by atoms with Crippen LogP contribution in [0.1, 0.15) is 60.3 Å². The first kappa shape index (κ1) is 14.6. The summed E-state index contributed by atoms with van der Waals surface area (Å²) in [6, 6.07) is 0.120. The lowest BCUT2D eigenvalue weighted by Crippen LogP contribution is -2.53. The molecule has 0 radical (unpaired) electrons. The van der Waals surface area contributed by atoms with Gasteiger partial charge in [0, 0.05) is 17.0 Å². The first-order chi connectivity index (χ1) is 8.60. The van der Waals surface area contributed by atoms with E-state index in [1.54, 1.807) is 0 Å². The minimum Gasteiger partial charge on any atom is -0.444 e. The Labute approximate surface area is 116 Å². The van der Waals surface area contributed by atoms with Crippen molar-refractivity contribution in [3.8, 4) is 0 Å². The van der Waals surface area contributed by atoms with Gasteiger partial charge in [-0.2, -0.15) is 0 Å². The number of ether oxygens (including phenoxy) is 1. The molecule has 1 amide bonds. The zero-order valence-electron chi connectivity index (χ0n) is 12.9. The molecule has 0 aromatic heterocycles. The summed E-state index contributed by atoms with van der Waals surface area (Å²) in [7, 11) is 0. The van der Waals surface area contributed by atoms with Gasteiger partial charge in [-0.25, -0.2) is 4.79 Å². The number of amides is 1. The lowest BCUT2D eigenvalue weighted by atomic mass is 9.80. The predicted octanol–water partition coefficient (Wildman–Crippen LogP) is 2.81. The minimum absolute atomic E-state index is 0.0447. The minimum atomic E-state index is -0.456. The van der Waals surface area contributed by atoms with Crippen molar-refractivity contribution < 1.29 is 9.53 Å². The normalized spacial score (nSPS) is 24.8. The van der Waals surface area contributed by atoms with E-state index in [0.29, 0.717) is 5.92 Å². The number of alkyl carbamates (subject to hydrolysis) is 1. The van der Waals surface area contributed by atoms with Gasteiger partial charge >= 0.3 is 6.09 Å². The van der Waals surface area contributed by atoms with E-state index in [1.807, 2.05) is 20.8 Å². The van der Waals surface area contributed by atoms with Crippen LogP contribution >= 0.6 is 0 Å². The molecule has 0 heterocycles. The molecule has 0 spiro atoms. The molecule has 0 bridgehead atoms. The summed E-state index contributed by atoms with van der Waals surface area (Å²) in [5.41, 5.74) is 6.04. The van der Waals surface area contributed by atoms with Gasteiger partial charge in [0.1, 0.15) is 5.60 Å². The number of hydrogen-bond acceptors (Lipinski definition) is 3. The Kier molecular flexibility index (Phi) is 3.37. The van der Waals surface area contributed by atoms with Crippen molar-refractivity contribution in [1.29, 1.82) is 0 Å². The van der Waals surface area contributed by atoms with Crippen LogP contribution in [0.15, 0.2) is 0 Å². The maximum absolute atomic E-state index is 12.0. The van der Waals surface area contributed by atoms with E-state index in [4.69, 9.17) is 10.5 Å². The third-order valence-corrected chi connectivity index (χ3v) is 4.50. The maximum Gasteiger partial charge on any atom is 0.407 e. The van der Waals surface area contributed by atoms with Gasteiger partial charge in [-0.3, -0.25) is 0 Å². The van der Waals surface area contributed by atoms with Gasteiger partial charge in [-0.05, 0) is 52.4 Å². The Balaban J connectivity index is 2.04. The van der Waals surface area contributed by atoms with Crippen molar-refractivity contribution in [1.82, 2.24) is 5.32 Å². The predicted molar refractivity (Wildman–Crippen MR) is 75.8 cm³/mol. The Morgan fingerprint density at radius 2 is 1.74 bits per heavy atom. The summed E-state index contributed by atoms with van der Waals surface area (Å²) in [6.07, 6.45) is 4.12. The van der Waals surface area contributed by atoms with Gasteiger partial charge in [-0.1, -0.05) is 13.8 Å². The molecule has 1 unspecified atom stereocenters. The van der Waals surface area contributed by atoms with E-state index in [0.717, 1.165) is 25.7 Å². The van der Waals surface area contributed by atoms with Gasteiger partial charge < -0.3 is 15.8 Å². The average Bonchev–Trinajstić information content (AvgIpc) is 3.07. The molecule has 19 heavy (non-hydrogen) atoms. The van der Waals surface area contributed by atoms with Gasteiger partial charge in [0.05, 0.1) is 0 Å². The molecule has 2 saturated carbocycles. The van der Waals surface area contributed by atoms with Crippen LogP contribution in [0.4, 0.5) is 4.79 Å². The standard InChI is InChI=1S/C15H28N2O2/c1-10(2)11(17-12(18)19-13(3,4)5)14(6-7-14)15(16)8-9-15/h10-11H,6-9,16H2,1-5H3,(H,17,18). The molecule has 2 fully saturated rings. The summed E-state index contributed by atoms with van der Waals surface area (Å²) < 4.78 is 5.38. The number of hydrogen-bond donors (Lipinski definition) is 2. The molecule has 1 atom stereocenters. The molecule has 0 saturated heterocycles. The smallest absolute Gasteiger partial charge is 0.407 e. The fourth-order valence-electron chi connectivity index (χ4n) is 3.26. The first-order valence-corrected chi connectivity index (χ1v) is 7.38. The molecule has 2 aliphatic rings. The highest BCUT2D eigenvalue weighted by Gasteiger charge is 2.67. The zero-order valence-corrected chi connectivity index (χ0v) is 12.9. The summed E-state index contributed by atoms with van der Waals surface area (Å²) >= 11 is 0. The Hall–Kier alpha value is -0.770. The summed E-state index contributed by atoms with van der Waals surface area (Å²) in [5, 5.41) is 3.08. The van der Waals surface area contributed by atoms with Crippen LogP contribution in [0.3, 0.4) is 0 Å². The third-order valence-electron chi connectivity index (χ3n) is 4.50. The Bertz CT molecular complexity index is 363. The SMILES string of the molecule is CC(C)C(NC(=O)OC(C)(C)C)C1(C2(N)CC2)CC1. The molecular formula is C15H28N2O2. The number of carbonyl (C=O) groups is 1. The van der Waals surface area contributed by atoms with Crippen LogP contribution in [0, 0.1) is 11.3 Å². The zero-order chi connectivity index (χ0) is 14.5. The third kappa shape index (κ3) is 2.88. The number of nitrogens with two attached hydrogens (primary N) is 1. The van der Waals surface area contributed by atoms with Crippen LogP contribution in [-0.4, -0.2) is 23.3 Å². The lowest BCUT2D eigenvalue weighted by Gasteiger charge is -2.36. The van der Waals surface area contributed by atoms with Crippen LogP contribution in [0.5, 0.6) is 0 Å². The Morgan fingerprint density at radius 3 is 2.05 bits per heavy atom. The average molecular weight is 268 g/mol. The summed E-state index contributed by atoms with van der Waals surface area (Å²) in [4.78, 5) is 12.0. The molecule has 3 N–H and O–H groups in total. The summed E-state index contributed by atoms with van der Waals surface area (Å²) in [6.45, 7) is 9.95. The Morgan fingerprint density at radius 1 is 1.21 bits per heavy atom. The largest absolute Gasteiger partial charge is 0.444 e. The van der Waals surface area contributed by atoms with E-state index in [-0.39, 0.29) is 23.1 Å². The van der Waals surface area contributed by atoms with Crippen LogP contribution < -0.4 is 11.1 Å². The van der Waals surface area contributed by atoms with Crippen LogP contribution in [-0.2, 0) is 4.74 Å². The monoisotopic (exact) mass is 268 g/mol. The van der Waals surface area contributed by atoms with Crippen molar-refractivity contribution in [2.45, 2.75) is 77.5 Å². The first-order valence-electron chi connectivity index (χ1n) is 7.38. The topological polar surface area (TPSA) is 64.3 Å². The second-order valence-electron chi connectivity index (χ2n) is 7.68. The fourth-order valence-corrected chi connectivity index (χ4v) is 3.26. The molecule has 2 rings (SSSR count). The van der Waals surface area contributed by atoms with E-state index in [1.165, 1.54) is 0 Å². The fraction of sp³-hybridized carbons (Fsp3) is 0.933. The number of carbonyl (C=O) groups excluding carboxylic acids is 1. The molecule has 0 aromatic carbocycles. The van der Waals surface area contributed by atoms with Gasteiger partial charge in [0.2, 0.25) is 0 Å². The maximum atomic E-state index is 12.0. The van der Waals surface area contributed by atoms with Crippen molar-refractivity contribution in [3.05, 3.63) is 0 Å². The summed E-state index contributed by atoms with van der Waals surface area (Å²) in [5.74, 6) is 0.371. The molecular weight excluding hydrogens is 240 g/mol. The second-order valence-corrected chi connectivity index (χ2v) is 7.68. The molecule has 0 aromatic rings. The highest BCUT2D eigenvalue weighted by atomic mass is 16.6. The lowest BCUT2D eigenvalue weighted by molar-refractivity contribution is 0.0442. The van der Waals surface area contributed by atoms with Crippen molar-refractivity contribution in [2.75, 3.05) is 0 Å². The molecule has 0 aliphatic heterocycles. The highest BCUT2D eigenvalue weighted by molar-refractivity contribution is 5.68. The number of rotatable bonds is 4. The second kappa shape index (κ2) is 4.37. The number of nitrogens with one attached hydrogen (secondary N) is 1. The molecule has 110 valence electrons. The van der Waals surface area contributed by atoms with Crippen molar-refractivity contribution >= 4 is 6.09 Å². The van der Waals surface area contributed by atoms with Gasteiger partial charge in [-0.15, -0.1) is 0 Å². The quantitative estimate of drug-likeness (QED) is 0.824. The van der Waals surface area contributed by atoms with E-state index >= 15 is 0 Å². The highest BCUT2D eigenvalue weighted by Crippen LogP contribution is 2.65. The van der Waals surface area contributed by atoms with Crippen molar-refractivity contribution in [2.24, 2.45) is 17.1 Å². The molecule has 4 nitrogen and oxygen atoms in total. The molecule has 2 aliphatic carbocycles.